The fourth-order valence-corrected chi connectivity index (χ4v) is 3.64. The largest absolute Gasteiger partial charge is 0.481 e. The summed E-state index contributed by atoms with van der Waals surface area (Å²) in [5.41, 5.74) is 2.95. The molecule has 0 aliphatic carbocycles. The van der Waals surface area contributed by atoms with Crippen molar-refractivity contribution in [3.8, 4) is 0 Å². The summed E-state index contributed by atoms with van der Waals surface area (Å²) in [5, 5.41) is 9.61. The van der Waals surface area contributed by atoms with E-state index < -0.39 is 5.97 Å². The van der Waals surface area contributed by atoms with E-state index in [1.807, 2.05) is 25.0 Å². The summed E-state index contributed by atoms with van der Waals surface area (Å²) < 4.78 is 0. The molecule has 0 aromatic carbocycles. The first-order valence-electron chi connectivity index (χ1n) is 8.28. The molecule has 6 nitrogen and oxygen atoms in total. The molecule has 0 radical (unpaired) electrons. The summed E-state index contributed by atoms with van der Waals surface area (Å²) >= 11 is 1.52. The molecule has 1 amide bonds. The molecule has 0 saturated carbocycles. The Morgan fingerprint density at radius 3 is 2.29 bits per heavy atom. The summed E-state index contributed by atoms with van der Waals surface area (Å²) in [5.74, 6) is -0.417. The molecule has 0 bridgehead atoms. The van der Waals surface area contributed by atoms with Crippen molar-refractivity contribution in [2.24, 2.45) is 5.92 Å². The third kappa shape index (κ3) is 4.93. The SMILES string of the molecule is CSc1nc(C)c(CCC(=O)N2CCC(CC(=O)O)CC2)c(C)n1. The van der Waals surface area contributed by atoms with Crippen molar-refractivity contribution in [2.45, 2.75) is 51.1 Å². The average molecular weight is 351 g/mol. The number of piperidine rings is 1. The quantitative estimate of drug-likeness (QED) is 0.626. The molecule has 0 atom stereocenters. The van der Waals surface area contributed by atoms with Gasteiger partial charge in [-0.1, -0.05) is 11.8 Å². The van der Waals surface area contributed by atoms with Crippen LogP contribution in [0.3, 0.4) is 0 Å². The zero-order valence-electron chi connectivity index (χ0n) is 14.5. The van der Waals surface area contributed by atoms with E-state index in [9.17, 15) is 9.59 Å². The van der Waals surface area contributed by atoms with Crippen molar-refractivity contribution in [1.82, 2.24) is 14.9 Å². The number of nitrogens with zero attached hydrogens (tertiary/aromatic N) is 3. The van der Waals surface area contributed by atoms with Crippen LogP contribution in [0.4, 0.5) is 0 Å². The highest BCUT2D eigenvalue weighted by atomic mass is 32.2. The zero-order valence-corrected chi connectivity index (χ0v) is 15.4. The Morgan fingerprint density at radius 1 is 1.21 bits per heavy atom. The molecule has 2 rings (SSSR count). The minimum absolute atomic E-state index is 0.136. The van der Waals surface area contributed by atoms with Gasteiger partial charge in [0.25, 0.3) is 0 Å². The van der Waals surface area contributed by atoms with E-state index in [4.69, 9.17) is 5.11 Å². The maximum atomic E-state index is 12.4. The lowest BCUT2D eigenvalue weighted by atomic mass is 9.93. The van der Waals surface area contributed by atoms with Gasteiger partial charge in [-0.2, -0.15) is 0 Å². The van der Waals surface area contributed by atoms with Crippen LogP contribution in [0.15, 0.2) is 5.16 Å². The fraction of sp³-hybridized carbons (Fsp3) is 0.647. The van der Waals surface area contributed by atoms with Gasteiger partial charge in [0.15, 0.2) is 5.16 Å². The lowest BCUT2D eigenvalue weighted by Gasteiger charge is -2.31. The predicted molar refractivity (Wildman–Crippen MR) is 93.2 cm³/mol. The fourth-order valence-electron chi connectivity index (χ4n) is 3.19. The van der Waals surface area contributed by atoms with Crippen molar-refractivity contribution >= 4 is 23.6 Å². The van der Waals surface area contributed by atoms with Crippen LogP contribution >= 0.6 is 11.8 Å². The van der Waals surface area contributed by atoms with E-state index in [1.165, 1.54) is 11.8 Å². The predicted octanol–water partition coefficient (Wildman–Crippen LogP) is 2.46. The third-order valence-electron chi connectivity index (χ3n) is 4.60. The molecule has 1 fully saturated rings. The molecule has 0 spiro atoms. The summed E-state index contributed by atoms with van der Waals surface area (Å²) in [4.78, 5) is 33.9. The Kier molecular flexibility index (Phi) is 6.60. The van der Waals surface area contributed by atoms with Gasteiger partial charge in [-0.3, -0.25) is 9.59 Å². The lowest BCUT2D eigenvalue weighted by molar-refractivity contribution is -0.138. The normalized spacial score (nSPS) is 15.5. The molecular weight excluding hydrogens is 326 g/mol. The number of thioether (sulfide) groups is 1. The van der Waals surface area contributed by atoms with Crippen LogP contribution in [0.5, 0.6) is 0 Å². The molecule has 1 N–H and O–H groups in total. The van der Waals surface area contributed by atoms with Gasteiger partial charge < -0.3 is 10.0 Å². The van der Waals surface area contributed by atoms with Crippen molar-refractivity contribution in [1.29, 1.82) is 0 Å². The zero-order chi connectivity index (χ0) is 17.7. The molecule has 132 valence electrons. The molecule has 1 saturated heterocycles. The summed E-state index contributed by atoms with van der Waals surface area (Å²) in [6, 6.07) is 0. The maximum absolute atomic E-state index is 12.4. The number of aryl methyl sites for hydroxylation is 2. The lowest BCUT2D eigenvalue weighted by Crippen LogP contribution is -2.39. The molecule has 7 heteroatoms. The molecule has 1 aliphatic rings. The third-order valence-corrected chi connectivity index (χ3v) is 5.15. The molecule has 1 aromatic heterocycles. The number of carbonyl (C=O) groups is 2. The Labute approximate surface area is 147 Å². The van der Waals surface area contributed by atoms with E-state index in [-0.39, 0.29) is 18.2 Å². The van der Waals surface area contributed by atoms with E-state index in [0.29, 0.717) is 25.9 Å². The Hall–Kier alpha value is -1.63. The van der Waals surface area contributed by atoms with Gasteiger partial charge in [0, 0.05) is 37.3 Å². The number of hydrogen-bond acceptors (Lipinski definition) is 5. The summed E-state index contributed by atoms with van der Waals surface area (Å²) in [6.07, 6.45) is 4.82. The van der Waals surface area contributed by atoms with Gasteiger partial charge in [0.05, 0.1) is 0 Å². The second-order valence-corrected chi connectivity index (χ2v) is 7.06. The number of rotatable bonds is 6. The maximum Gasteiger partial charge on any atom is 0.303 e. The summed E-state index contributed by atoms with van der Waals surface area (Å²) in [6.45, 7) is 5.25. The average Bonchev–Trinajstić information content (AvgIpc) is 2.53. The van der Waals surface area contributed by atoms with Crippen LogP contribution in [-0.4, -0.2) is 51.2 Å². The van der Waals surface area contributed by atoms with Crippen LogP contribution in [0.1, 0.15) is 42.6 Å². The van der Waals surface area contributed by atoms with Gasteiger partial charge in [-0.25, -0.2) is 9.97 Å². The number of aliphatic carboxylic acids is 1. The number of carbonyl (C=O) groups excluding carboxylic acids is 1. The van der Waals surface area contributed by atoms with E-state index in [2.05, 4.69) is 9.97 Å². The van der Waals surface area contributed by atoms with E-state index in [0.717, 1.165) is 34.9 Å². The highest BCUT2D eigenvalue weighted by Crippen LogP contribution is 2.22. The molecule has 1 aromatic rings. The minimum Gasteiger partial charge on any atom is -0.481 e. The first kappa shape index (κ1) is 18.7. The summed E-state index contributed by atoms with van der Waals surface area (Å²) in [7, 11) is 0. The second kappa shape index (κ2) is 8.46. The molecule has 2 heterocycles. The number of carboxylic acid groups (broad SMARTS) is 1. The second-order valence-electron chi connectivity index (χ2n) is 6.28. The number of amides is 1. The van der Waals surface area contributed by atoms with E-state index in [1.54, 1.807) is 0 Å². The van der Waals surface area contributed by atoms with Crippen molar-refractivity contribution in [3.05, 3.63) is 17.0 Å². The van der Waals surface area contributed by atoms with Crippen LogP contribution < -0.4 is 0 Å². The van der Waals surface area contributed by atoms with Crippen LogP contribution in [0, 0.1) is 19.8 Å². The first-order valence-corrected chi connectivity index (χ1v) is 9.50. The van der Waals surface area contributed by atoms with E-state index >= 15 is 0 Å². The number of carboxylic acids is 1. The smallest absolute Gasteiger partial charge is 0.303 e. The first-order chi connectivity index (χ1) is 11.4. The van der Waals surface area contributed by atoms with Crippen molar-refractivity contribution in [3.63, 3.8) is 0 Å². The Bertz CT molecular complexity index is 590. The molecular formula is C17H25N3O3S. The van der Waals surface area contributed by atoms with Crippen molar-refractivity contribution in [2.75, 3.05) is 19.3 Å². The van der Waals surface area contributed by atoms with Crippen LogP contribution in [0.25, 0.3) is 0 Å². The molecule has 1 aliphatic heterocycles. The number of likely N-dealkylation sites (tertiary alicyclic amines) is 1. The molecule has 0 unspecified atom stereocenters. The van der Waals surface area contributed by atoms with Gasteiger partial charge in [0.2, 0.25) is 5.91 Å². The highest BCUT2D eigenvalue weighted by Gasteiger charge is 2.24. The van der Waals surface area contributed by atoms with Crippen LogP contribution in [-0.2, 0) is 16.0 Å². The van der Waals surface area contributed by atoms with Gasteiger partial charge in [-0.05, 0) is 50.8 Å². The number of hydrogen-bond donors (Lipinski definition) is 1. The molecule has 24 heavy (non-hydrogen) atoms. The monoisotopic (exact) mass is 351 g/mol. The minimum atomic E-state index is -0.751. The highest BCUT2D eigenvalue weighted by molar-refractivity contribution is 7.98. The Balaban J connectivity index is 1.87. The number of aromatic nitrogens is 2. The van der Waals surface area contributed by atoms with Gasteiger partial charge >= 0.3 is 5.97 Å². The Morgan fingerprint density at radius 2 is 1.79 bits per heavy atom. The topological polar surface area (TPSA) is 83.4 Å². The van der Waals surface area contributed by atoms with Gasteiger partial charge in [-0.15, -0.1) is 0 Å². The van der Waals surface area contributed by atoms with Crippen LogP contribution in [0.2, 0.25) is 0 Å². The van der Waals surface area contributed by atoms with Gasteiger partial charge in [0.1, 0.15) is 0 Å². The van der Waals surface area contributed by atoms with Crippen molar-refractivity contribution < 1.29 is 14.7 Å². The standard InChI is InChI=1S/C17H25N3O3S/c1-11-14(12(2)19-17(18-11)24-3)4-5-15(21)20-8-6-13(7-9-20)10-16(22)23/h13H,4-10H2,1-3H3,(H,22,23).